The minimum Gasteiger partial charge on any atom is -0.444 e. The number of rotatable bonds is 3. The molecule has 0 fully saturated rings. The molecule has 0 unspecified atom stereocenters. The van der Waals surface area contributed by atoms with Crippen LogP contribution in [0, 0.1) is 13.8 Å². The van der Waals surface area contributed by atoms with Crippen LogP contribution in [0.3, 0.4) is 0 Å². The summed E-state index contributed by atoms with van der Waals surface area (Å²) in [7, 11) is 0. The van der Waals surface area contributed by atoms with Gasteiger partial charge in [-0.05, 0) is 55.3 Å². The molecule has 1 amide bonds. The van der Waals surface area contributed by atoms with Crippen molar-refractivity contribution in [3.05, 3.63) is 70.1 Å². The summed E-state index contributed by atoms with van der Waals surface area (Å²) >= 11 is 6.17. The van der Waals surface area contributed by atoms with E-state index in [1.807, 2.05) is 19.9 Å². The highest BCUT2D eigenvalue weighted by Gasteiger charge is 2.30. The van der Waals surface area contributed by atoms with E-state index in [-0.39, 0.29) is 11.6 Å². The maximum absolute atomic E-state index is 12.6. The monoisotopic (exact) mass is 394 g/mol. The van der Waals surface area contributed by atoms with Crippen LogP contribution in [-0.4, -0.2) is 10.9 Å². The second kappa shape index (κ2) is 7.08. The van der Waals surface area contributed by atoms with Gasteiger partial charge in [0.2, 0.25) is 5.89 Å². The molecule has 8 heteroatoms. The van der Waals surface area contributed by atoms with Crippen LogP contribution >= 0.6 is 11.6 Å². The number of benzene rings is 2. The Morgan fingerprint density at radius 3 is 2.41 bits per heavy atom. The second-order valence-electron chi connectivity index (χ2n) is 6.01. The van der Waals surface area contributed by atoms with Crippen molar-refractivity contribution in [3.8, 4) is 11.5 Å². The van der Waals surface area contributed by atoms with Crippen molar-refractivity contribution >= 4 is 23.2 Å². The highest BCUT2D eigenvalue weighted by molar-refractivity contribution is 6.34. The SMILES string of the molecule is Cc1cc(C)c(NC(=O)c2coc(-c3ccc(C(F)(F)F)cc3)n2)c(Cl)c1. The zero-order chi connectivity index (χ0) is 19.8. The van der Waals surface area contributed by atoms with Crippen molar-refractivity contribution in [1.29, 1.82) is 0 Å². The largest absolute Gasteiger partial charge is 0.444 e. The minimum absolute atomic E-state index is 0.0130. The van der Waals surface area contributed by atoms with E-state index < -0.39 is 17.6 Å². The number of oxazole rings is 1. The molecule has 0 saturated carbocycles. The van der Waals surface area contributed by atoms with Crippen molar-refractivity contribution in [2.24, 2.45) is 0 Å². The molecule has 0 saturated heterocycles. The fourth-order valence-corrected chi connectivity index (χ4v) is 2.93. The van der Waals surface area contributed by atoms with Crippen molar-refractivity contribution in [2.75, 3.05) is 5.32 Å². The molecule has 140 valence electrons. The Bertz CT molecular complexity index is 972. The summed E-state index contributed by atoms with van der Waals surface area (Å²) in [5.74, 6) is -0.494. The zero-order valence-corrected chi connectivity index (χ0v) is 15.1. The number of hydrogen-bond donors (Lipinski definition) is 1. The lowest BCUT2D eigenvalue weighted by Gasteiger charge is -2.10. The van der Waals surface area contributed by atoms with E-state index >= 15 is 0 Å². The Morgan fingerprint density at radius 2 is 1.81 bits per heavy atom. The number of halogens is 4. The van der Waals surface area contributed by atoms with Gasteiger partial charge in [0, 0.05) is 5.56 Å². The summed E-state index contributed by atoms with van der Waals surface area (Å²) < 4.78 is 43.1. The third-order valence-corrected chi connectivity index (χ3v) is 4.16. The van der Waals surface area contributed by atoms with Crippen molar-refractivity contribution < 1.29 is 22.4 Å². The number of carbonyl (C=O) groups excluding carboxylic acids is 1. The molecule has 3 rings (SSSR count). The summed E-state index contributed by atoms with van der Waals surface area (Å²) in [4.78, 5) is 16.4. The number of amides is 1. The third-order valence-electron chi connectivity index (χ3n) is 3.87. The first-order chi connectivity index (χ1) is 12.6. The van der Waals surface area contributed by atoms with Gasteiger partial charge >= 0.3 is 6.18 Å². The van der Waals surface area contributed by atoms with Crippen LogP contribution in [-0.2, 0) is 6.18 Å². The number of nitrogens with zero attached hydrogens (tertiary/aromatic N) is 1. The molecule has 0 atom stereocenters. The normalized spacial score (nSPS) is 11.5. The maximum atomic E-state index is 12.6. The first-order valence-electron chi connectivity index (χ1n) is 7.86. The summed E-state index contributed by atoms with van der Waals surface area (Å²) in [5.41, 5.74) is 1.75. The second-order valence-corrected chi connectivity index (χ2v) is 6.41. The van der Waals surface area contributed by atoms with Crippen LogP contribution in [0.2, 0.25) is 5.02 Å². The quantitative estimate of drug-likeness (QED) is 0.603. The first-order valence-corrected chi connectivity index (χ1v) is 8.24. The van der Waals surface area contributed by atoms with Crippen LogP contribution in [0.15, 0.2) is 47.1 Å². The lowest BCUT2D eigenvalue weighted by atomic mass is 10.1. The molecule has 0 aliphatic carbocycles. The van der Waals surface area contributed by atoms with Crippen LogP contribution in [0.1, 0.15) is 27.2 Å². The fraction of sp³-hybridized carbons (Fsp3) is 0.158. The van der Waals surface area contributed by atoms with Gasteiger partial charge in [-0.25, -0.2) is 4.98 Å². The minimum atomic E-state index is -4.43. The van der Waals surface area contributed by atoms with E-state index in [4.69, 9.17) is 16.0 Å². The van der Waals surface area contributed by atoms with Crippen LogP contribution < -0.4 is 5.32 Å². The number of aromatic nitrogens is 1. The van der Waals surface area contributed by atoms with Gasteiger partial charge in [-0.1, -0.05) is 17.7 Å². The van der Waals surface area contributed by atoms with Crippen molar-refractivity contribution in [1.82, 2.24) is 4.98 Å². The van der Waals surface area contributed by atoms with Gasteiger partial charge in [0.1, 0.15) is 6.26 Å². The van der Waals surface area contributed by atoms with Crippen molar-refractivity contribution in [3.63, 3.8) is 0 Å². The summed E-state index contributed by atoms with van der Waals surface area (Å²) in [6.07, 6.45) is -3.29. The average Bonchev–Trinajstić information content (AvgIpc) is 3.07. The Kier molecular flexibility index (Phi) is 4.97. The summed E-state index contributed by atoms with van der Waals surface area (Å²) in [6, 6.07) is 7.91. The maximum Gasteiger partial charge on any atom is 0.416 e. The third kappa shape index (κ3) is 4.14. The molecule has 0 spiro atoms. The van der Waals surface area contributed by atoms with E-state index in [1.54, 1.807) is 6.07 Å². The lowest BCUT2D eigenvalue weighted by molar-refractivity contribution is -0.137. The van der Waals surface area contributed by atoms with E-state index in [9.17, 15) is 18.0 Å². The lowest BCUT2D eigenvalue weighted by Crippen LogP contribution is -2.13. The van der Waals surface area contributed by atoms with Gasteiger partial charge in [0.05, 0.1) is 16.3 Å². The Morgan fingerprint density at radius 1 is 1.15 bits per heavy atom. The Hall–Kier alpha value is -2.80. The number of alkyl halides is 3. The van der Waals surface area contributed by atoms with Gasteiger partial charge in [-0.3, -0.25) is 4.79 Å². The Labute approximate surface area is 158 Å². The number of nitrogens with one attached hydrogen (secondary N) is 1. The molecule has 1 N–H and O–H groups in total. The van der Waals surface area contributed by atoms with E-state index in [0.717, 1.165) is 29.5 Å². The molecule has 1 heterocycles. The number of aryl methyl sites for hydroxylation is 2. The molecule has 0 radical (unpaired) electrons. The Balaban J connectivity index is 1.80. The van der Waals surface area contributed by atoms with E-state index in [2.05, 4.69) is 10.3 Å². The van der Waals surface area contributed by atoms with Gasteiger partial charge < -0.3 is 9.73 Å². The number of anilines is 1. The predicted octanol–water partition coefficient (Wildman–Crippen LogP) is 5.88. The molecular weight excluding hydrogens is 381 g/mol. The summed E-state index contributed by atoms with van der Waals surface area (Å²) in [6.45, 7) is 3.70. The van der Waals surface area contributed by atoms with Gasteiger partial charge in [0.15, 0.2) is 5.69 Å². The molecule has 0 aliphatic heterocycles. The predicted molar refractivity (Wildman–Crippen MR) is 95.8 cm³/mol. The molecule has 2 aromatic carbocycles. The van der Waals surface area contributed by atoms with E-state index in [1.165, 1.54) is 12.1 Å². The fourth-order valence-electron chi connectivity index (χ4n) is 2.56. The zero-order valence-electron chi connectivity index (χ0n) is 14.3. The van der Waals surface area contributed by atoms with Gasteiger partial charge in [-0.15, -0.1) is 0 Å². The molecular formula is C19H14ClF3N2O2. The van der Waals surface area contributed by atoms with Gasteiger partial charge in [0.25, 0.3) is 5.91 Å². The standard InChI is InChI=1S/C19H14ClF3N2O2/c1-10-7-11(2)16(14(20)8-10)25-17(26)15-9-27-18(24-15)12-3-5-13(6-4-12)19(21,22)23/h3-9H,1-2H3,(H,25,26). The first kappa shape index (κ1) is 19.0. The van der Waals surface area contributed by atoms with E-state index in [0.29, 0.717) is 16.3 Å². The number of carbonyl (C=O) groups is 1. The molecule has 3 aromatic rings. The topological polar surface area (TPSA) is 55.1 Å². The molecule has 0 bridgehead atoms. The van der Waals surface area contributed by atoms with Crippen molar-refractivity contribution in [2.45, 2.75) is 20.0 Å². The van der Waals surface area contributed by atoms with Gasteiger partial charge in [-0.2, -0.15) is 13.2 Å². The molecule has 1 aromatic heterocycles. The van der Waals surface area contributed by atoms with Crippen LogP contribution in [0.25, 0.3) is 11.5 Å². The van der Waals surface area contributed by atoms with Crippen LogP contribution in [0.4, 0.5) is 18.9 Å². The average molecular weight is 395 g/mol. The highest BCUT2D eigenvalue weighted by atomic mass is 35.5. The van der Waals surface area contributed by atoms with Crippen LogP contribution in [0.5, 0.6) is 0 Å². The number of hydrogen-bond acceptors (Lipinski definition) is 3. The molecule has 27 heavy (non-hydrogen) atoms. The summed E-state index contributed by atoms with van der Waals surface area (Å²) in [5, 5.41) is 3.07. The molecule has 4 nitrogen and oxygen atoms in total. The smallest absolute Gasteiger partial charge is 0.416 e. The molecule has 0 aliphatic rings. The highest BCUT2D eigenvalue weighted by Crippen LogP contribution is 2.31.